The van der Waals surface area contributed by atoms with Gasteiger partial charge in [0.15, 0.2) is 5.67 Å². The summed E-state index contributed by atoms with van der Waals surface area (Å²) < 4.78 is 30.9. The SMILES string of the molecule is CCCCCCCCC(F)C(F)(c1ccccc1)c1ccccc1. The molecule has 2 aromatic carbocycles. The molecule has 0 saturated carbocycles. The first-order valence-electron chi connectivity index (χ1n) is 9.13. The molecule has 0 aromatic heterocycles. The molecule has 2 aromatic rings. The Morgan fingerprint density at radius 2 is 1.21 bits per heavy atom. The molecule has 0 aliphatic heterocycles. The number of unbranched alkanes of at least 4 members (excludes halogenated alkanes) is 5. The first kappa shape index (κ1) is 18.6. The van der Waals surface area contributed by atoms with Gasteiger partial charge in [-0.1, -0.05) is 106 Å². The molecule has 0 heterocycles. The van der Waals surface area contributed by atoms with Crippen LogP contribution in [0.15, 0.2) is 60.7 Å². The van der Waals surface area contributed by atoms with Crippen molar-refractivity contribution >= 4 is 0 Å². The molecular weight excluding hydrogens is 302 g/mol. The van der Waals surface area contributed by atoms with Gasteiger partial charge in [-0.25, -0.2) is 8.78 Å². The third-order valence-corrected chi connectivity index (χ3v) is 4.63. The minimum atomic E-state index is -2.08. The van der Waals surface area contributed by atoms with Crippen molar-refractivity contribution in [2.45, 2.75) is 63.7 Å². The zero-order chi connectivity index (χ0) is 17.3. The summed E-state index contributed by atoms with van der Waals surface area (Å²) in [5, 5.41) is 0. The predicted molar refractivity (Wildman–Crippen MR) is 97.7 cm³/mol. The minimum absolute atomic E-state index is 0.256. The molecule has 0 aliphatic carbocycles. The number of rotatable bonds is 10. The van der Waals surface area contributed by atoms with Crippen molar-refractivity contribution in [1.82, 2.24) is 0 Å². The molecule has 0 saturated heterocycles. The molecule has 2 rings (SSSR count). The van der Waals surface area contributed by atoms with Crippen LogP contribution in [-0.2, 0) is 5.67 Å². The molecule has 0 fully saturated rings. The number of hydrogen-bond donors (Lipinski definition) is 0. The van der Waals surface area contributed by atoms with Crippen LogP contribution < -0.4 is 0 Å². The molecule has 0 radical (unpaired) electrons. The van der Waals surface area contributed by atoms with E-state index in [1.165, 1.54) is 19.3 Å². The Kier molecular flexibility index (Phi) is 7.42. The van der Waals surface area contributed by atoms with Gasteiger partial charge in [0.2, 0.25) is 0 Å². The Hall–Kier alpha value is -1.70. The highest BCUT2D eigenvalue weighted by molar-refractivity contribution is 5.37. The molecule has 0 N–H and O–H groups in total. The van der Waals surface area contributed by atoms with E-state index in [1.54, 1.807) is 48.5 Å². The van der Waals surface area contributed by atoms with Gasteiger partial charge in [0, 0.05) is 0 Å². The molecular formula is C22H28F2. The fourth-order valence-corrected chi connectivity index (χ4v) is 3.19. The lowest BCUT2D eigenvalue weighted by Gasteiger charge is -2.30. The molecule has 130 valence electrons. The van der Waals surface area contributed by atoms with E-state index in [-0.39, 0.29) is 6.42 Å². The lowest BCUT2D eigenvalue weighted by atomic mass is 9.82. The second-order valence-corrected chi connectivity index (χ2v) is 6.47. The molecule has 1 atom stereocenters. The molecule has 0 aliphatic rings. The summed E-state index contributed by atoms with van der Waals surface area (Å²) in [5.41, 5.74) is -1.28. The molecule has 0 nitrogen and oxygen atoms in total. The fraction of sp³-hybridized carbons (Fsp3) is 0.455. The lowest BCUT2D eigenvalue weighted by Crippen LogP contribution is -2.33. The summed E-state index contributed by atoms with van der Waals surface area (Å²) in [5.74, 6) is 0. The van der Waals surface area contributed by atoms with Crippen molar-refractivity contribution in [1.29, 1.82) is 0 Å². The summed E-state index contributed by atoms with van der Waals surface area (Å²) in [7, 11) is 0. The highest BCUT2D eigenvalue weighted by Crippen LogP contribution is 2.40. The molecule has 0 amide bonds. The molecule has 0 bridgehead atoms. The average molecular weight is 330 g/mol. The molecule has 0 spiro atoms. The normalized spacial score (nSPS) is 13.0. The monoisotopic (exact) mass is 330 g/mol. The van der Waals surface area contributed by atoms with Gasteiger partial charge in [0.05, 0.1) is 0 Å². The standard InChI is InChI=1S/C22H28F2/c1-2-3-4-5-6-13-18-21(23)22(24,19-14-9-7-10-15-19)20-16-11-8-12-17-20/h7-12,14-17,21H,2-6,13,18H2,1H3. The van der Waals surface area contributed by atoms with Crippen molar-refractivity contribution < 1.29 is 8.78 Å². The van der Waals surface area contributed by atoms with E-state index < -0.39 is 11.8 Å². The quantitative estimate of drug-likeness (QED) is 0.412. The first-order chi connectivity index (χ1) is 11.7. The fourth-order valence-electron chi connectivity index (χ4n) is 3.19. The van der Waals surface area contributed by atoms with Crippen molar-refractivity contribution in [2.75, 3.05) is 0 Å². The van der Waals surface area contributed by atoms with Crippen LogP contribution in [0.4, 0.5) is 8.78 Å². The van der Waals surface area contributed by atoms with E-state index in [0.717, 1.165) is 19.3 Å². The first-order valence-corrected chi connectivity index (χ1v) is 9.13. The maximum absolute atomic E-state index is 15.9. The van der Waals surface area contributed by atoms with Gasteiger partial charge in [-0.15, -0.1) is 0 Å². The minimum Gasteiger partial charge on any atom is -0.243 e. The summed E-state index contributed by atoms with van der Waals surface area (Å²) >= 11 is 0. The highest BCUT2D eigenvalue weighted by Gasteiger charge is 2.42. The summed E-state index contributed by atoms with van der Waals surface area (Å²) in [4.78, 5) is 0. The number of hydrogen-bond acceptors (Lipinski definition) is 0. The van der Waals surface area contributed by atoms with Crippen molar-refractivity contribution in [3.8, 4) is 0 Å². The Morgan fingerprint density at radius 1 is 0.750 bits per heavy atom. The number of benzene rings is 2. The molecule has 24 heavy (non-hydrogen) atoms. The van der Waals surface area contributed by atoms with E-state index in [2.05, 4.69) is 6.92 Å². The van der Waals surface area contributed by atoms with Crippen LogP contribution in [0.3, 0.4) is 0 Å². The van der Waals surface area contributed by atoms with E-state index in [1.807, 2.05) is 12.1 Å². The average Bonchev–Trinajstić information content (AvgIpc) is 2.65. The zero-order valence-corrected chi connectivity index (χ0v) is 14.6. The Labute approximate surface area is 144 Å². The van der Waals surface area contributed by atoms with Gasteiger partial charge < -0.3 is 0 Å². The number of halogens is 2. The van der Waals surface area contributed by atoms with Crippen LogP contribution in [0.1, 0.15) is 63.0 Å². The third-order valence-electron chi connectivity index (χ3n) is 4.63. The Bertz CT molecular complexity index is 526. The van der Waals surface area contributed by atoms with Gasteiger partial charge in [0.1, 0.15) is 6.17 Å². The third kappa shape index (κ3) is 4.66. The predicted octanol–water partition coefficient (Wildman–Crippen LogP) is 6.99. The Balaban J connectivity index is 2.09. The van der Waals surface area contributed by atoms with Gasteiger partial charge in [-0.2, -0.15) is 0 Å². The van der Waals surface area contributed by atoms with Crippen LogP contribution in [0.5, 0.6) is 0 Å². The van der Waals surface area contributed by atoms with E-state index in [9.17, 15) is 0 Å². The van der Waals surface area contributed by atoms with Crippen LogP contribution in [-0.4, -0.2) is 6.17 Å². The second-order valence-electron chi connectivity index (χ2n) is 6.47. The summed E-state index contributed by atoms with van der Waals surface area (Å²) in [6.07, 6.45) is 5.14. The number of alkyl halides is 2. The largest absolute Gasteiger partial charge is 0.243 e. The highest BCUT2D eigenvalue weighted by atomic mass is 19.2. The topological polar surface area (TPSA) is 0 Å². The summed E-state index contributed by atoms with van der Waals surface area (Å²) in [6, 6.07) is 17.5. The zero-order valence-electron chi connectivity index (χ0n) is 14.6. The summed E-state index contributed by atoms with van der Waals surface area (Å²) in [6.45, 7) is 2.18. The van der Waals surface area contributed by atoms with Gasteiger partial charge >= 0.3 is 0 Å². The molecule has 2 heteroatoms. The van der Waals surface area contributed by atoms with Crippen molar-refractivity contribution in [3.63, 3.8) is 0 Å². The van der Waals surface area contributed by atoms with Gasteiger partial charge in [-0.05, 0) is 17.5 Å². The lowest BCUT2D eigenvalue weighted by molar-refractivity contribution is 0.0773. The van der Waals surface area contributed by atoms with Crippen LogP contribution >= 0.6 is 0 Å². The van der Waals surface area contributed by atoms with Crippen LogP contribution in [0.25, 0.3) is 0 Å². The van der Waals surface area contributed by atoms with Gasteiger partial charge in [-0.3, -0.25) is 0 Å². The van der Waals surface area contributed by atoms with E-state index in [4.69, 9.17) is 0 Å². The van der Waals surface area contributed by atoms with E-state index >= 15 is 8.78 Å². The van der Waals surface area contributed by atoms with Crippen LogP contribution in [0.2, 0.25) is 0 Å². The van der Waals surface area contributed by atoms with Crippen molar-refractivity contribution in [3.05, 3.63) is 71.8 Å². The van der Waals surface area contributed by atoms with Crippen molar-refractivity contribution in [2.24, 2.45) is 0 Å². The second kappa shape index (κ2) is 9.56. The smallest absolute Gasteiger partial charge is 0.191 e. The van der Waals surface area contributed by atoms with E-state index in [0.29, 0.717) is 11.1 Å². The van der Waals surface area contributed by atoms with Crippen LogP contribution in [0, 0.1) is 0 Å². The molecule has 1 unspecified atom stereocenters. The van der Waals surface area contributed by atoms with Gasteiger partial charge in [0.25, 0.3) is 0 Å². The maximum Gasteiger partial charge on any atom is 0.191 e. The maximum atomic E-state index is 15.9. The Morgan fingerprint density at radius 3 is 1.71 bits per heavy atom.